The molecule has 0 radical (unpaired) electrons. The number of fused-ring (bicyclic) bond motifs is 1. The standard InChI is InChI=1S/C15H10F2N2O/c16-11-5-4-9(8-12(11)17)15(20)10-2-1-3-13-14(10)19-7-6-18-13/h1-8,15,20H. The maximum absolute atomic E-state index is 13.3. The van der Waals surface area contributed by atoms with Gasteiger partial charge >= 0.3 is 0 Å². The van der Waals surface area contributed by atoms with Crippen molar-refractivity contribution in [3.63, 3.8) is 0 Å². The Morgan fingerprint density at radius 1 is 0.950 bits per heavy atom. The highest BCUT2D eigenvalue weighted by molar-refractivity contribution is 5.78. The monoisotopic (exact) mass is 272 g/mol. The van der Waals surface area contributed by atoms with Gasteiger partial charge in [-0.1, -0.05) is 18.2 Å². The maximum Gasteiger partial charge on any atom is 0.159 e. The van der Waals surface area contributed by atoms with E-state index < -0.39 is 17.7 Å². The van der Waals surface area contributed by atoms with Crippen LogP contribution in [0.2, 0.25) is 0 Å². The van der Waals surface area contributed by atoms with Gasteiger partial charge in [-0.15, -0.1) is 0 Å². The van der Waals surface area contributed by atoms with Crippen LogP contribution in [0.4, 0.5) is 8.78 Å². The molecule has 1 unspecified atom stereocenters. The van der Waals surface area contributed by atoms with Crippen molar-refractivity contribution in [3.05, 3.63) is 71.6 Å². The quantitative estimate of drug-likeness (QED) is 0.780. The highest BCUT2D eigenvalue weighted by Crippen LogP contribution is 2.27. The lowest BCUT2D eigenvalue weighted by Gasteiger charge is -2.13. The van der Waals surface area contributed by atoms with Gasteiger partial charge in [0.25, 0.3) is 0 Å². The first-order valence-electron chi connectivity index (χ1n) is 5.99. The molecule has 5 heteroatoms. The summed E-state index contributed by atoms with van der Waals surface area (Å²) < 4.78 is 26.2. The molecular weight excluding hydrogens is 262 g/mol. The van der Waals surface area contributed by atoms with Gasteiger partial charge in [0.05, 0.1) is 11.0 Å². The second-order valence-electron chi connectivity index (χ2n) is 4.35. The van der Waals surface area contributed by atoms with Crippen LogP contribution < -0.4 is 0 Å². The molecule has 0 fully saturated rings. The lowest BCUT2D eigenvalue weighted by Crippen LogP contribution is -2.03. The first-order valence-corrected chi connectivity index (χ1v) is 5.99. The van der Waals surface area contributed by atoms with Gasteiger partial charge in [-0.05, 0) is 23.8 Å². The molecule has 3 aromatic rings. The predicted octanol–water partition coefficient (Wildman–Crippen LogP) is 2.99. The normalized spacial score (nSPS) is 12.6. The minimum atomic E-state index is -1.09. The summed E-state index contributed by atoms with van der Waals surface area (Å²) in [4.78, 5) is 8.32. The Hall–Kier alpha value is -2.40. The molecule has 0 amide bonds. The molecule has 1 atom stereocenters. The Balaban J connectivity index is 2.12. The van der Waals surface area contributed by atoms with Gasteiger partial charge in [0.15, 0.2) is 11.6 Å². The summed E-state index contributed by atoms with van der Waals surface area (Å²) >= 11 is 0. The van der Waals surface area contributed by atoms with Crippen LogP contribution in [0.25, 0.3) is 11.0 Å². The molecular formula is C15H10F2N2O. The number of aliphatic hydroxyl groups excluding tert-OH is 1. The third kappa shape index (κ3) is 2.12. The number of nitrogens with zero attached hydrogens (tertiary/aromatic N) is 2. The van der Waals surface area contributed by atoms with Crippen LogP contribution in [-0.4, -0.2) is 15.1 Å². The topological polar surface area (TPSA) is 46.0 Å². The van der Waals surface area contributed by atoms with Crippen LogP contribution in [0, 0.1) is 11.6 Å². The number of aromatic nitrogens is 2. The van der Waals surface area contributed by atoms with Crippen molar-refractivity contribution in [1.29, 1.82) is 0 Å². The minimum Gasteiger partial charge on any atom is -0.384 e. The van der Waals surface area contributed by atoms with Crippen LogP contribution in [-0.2, 0) is 0 Å². The van der Waals surface area contributed by atoms with E-state index in [9.17, 15) is 13.9 Å². The van der Waals surface area contributed by atoms with E-state index in [0.29, 0.717) is 16.6 Å². The van der Waals surface area contributed by atoms with Gasteiger partial charge in [-0.2, -0.15) is 0 Å². The number of hydrogen-bond acceptors (Lipinski definition) is 3. The number of hydrogen-bond donors (Lipinski definition) is 1. The summed E-state index contributed by atoms with van der Waals surface area (Å²) in [6, 6.07) is 8.50. The third-order valence-electron chi connectivity index (χ3n) is 3.08. The van der Waals surface area contributed by atoms with Gasteiger partial charge in [-0.25, -0.2) is 8.78 Å². The first-order chi connectivity index (χ1) is 9.66. The van der Waals surface area contributed by atoms with Crippen LogP contribution in [0.15, 0.2) is 48.8 Å². The number of benzene rings is 2. The minimum absolute atomic E-state index is 0.266. The van der Waals surface area contributed by atoms with Crippen molar-refractivity contribution in [1.82, 2.24) is 9.97 Å². The lowest BCUT2D eigenvalue weighted by molar-refractivity contribution is 0.221. The summed E-state index contributed by atoms with van der Waals surface area (Å²) in [5.41, 5.74) is 1.93. The molecule has 1 heterocycles. The average molecular weight is 272 g/mol. The van der Waals surface area contributed by atoms with E-state index in [0.717, 1.165) is 12.1 Å². The molecule has 1 N–H and O–H groups in total. The molecule has 3 rings (SSSR count). The van der Waals surface area contributed by atoms with E-state index in [2.05, 4.69) is 9.97 Å². The summed E-state index contributed by atoms with van der Waals surface area (Å²) in [6.07, 6.45) is 1.98. The van der Waals surface area contributed by atoms with Crippen LogP contribution in [0.1, 0.15) is 17.2 Å². The second kappa shape index (κ2) is 4.94. The van der Waals surface area contributed by atoms with Gasteiger partial charge in [0.1, 0.15) is 6.10 Å². The molecule has 0 saturated carbocycles. The fourth-order valence-corrected chi connectivity index (χ4v) is 2.10. The van der Waals surface area contributed by atoms with Gasteiger partial charge in [-0.3, -0.25) is 9.97 Å². The van der Waals surface area contributed by atoms with E-state index in [4.69, 9.17) is 0 Å². The summed E-state index contributed by atoms with van der Waals surface area (Å²) in [6.45, 7) is 0. The molecule has 0 aliphatic rings. The van der Waals surface area contributed by atoms with Crippen LogP contribution in [0.5, 0.6) is 0 Å². The van der Waals surface area contributed by atoms with Gasteiger partial charge in [0.2, 0.25) is 0 Å². The summed E-state index contributed by atoms with van der Waals surface area (Å²) in [5, 5.41) is 10.3. The Kier molecular flexibility index (Phi) is 3.12. The van der Waals surface area contributed by atoms with E-state index >= 15 is 0 Å². The van der Waals surface area contributed by atoms with Crippen molar-refractivity contribution in [3.8, 4) is 0 Å². The predicted molar refractivity (Wildman–Crippen MR) is 70.0 cm³/mol. The van der Waals surface area contributed by atoms with E-state index in [-0.39, 0.29) is 5.56 Å². The maximum atomic E-state index is 13.3. The SMILES string of the molecule is OC(c1ccc(F)c(F)c1)c1cccc2nccnc12. The Bertz CT molecular complexity index is 771. The largest absolute Gasteiger partial charge is 0.384 e. The van der Waals surface area contributed by atoms with Crippen molar-refractivity contribution in [2.24, 2.45) is 0 Å². The fraction of sp³-hybridized carbons (Fsp3) is 0.0667. The van der Waals surface area contributed by atoms with Crippen molar-refractivity contribution in [2.45, 2.75) is 6.10 Å². The molecule has 3 nitrogen and oxygen atoms in total. The Labute approximate surface area is 113 Å². The number of aliphatic hydroxyl groups is 1. The molecule has 100 valence electrons. The molecule has 0 bridgehead atoms. The number of para-hydroxylation sites is 1. The van der Waals surface area contributed by atoms with Crippen LogP contribution in [0.3, 0.4) is 0 Å². The highest BCUT2D eigenvalue weighted by atomic mass is 19.2. The van der Waals surface area contributed by atoms with Gasteiger partial charge in [0, 0.05) is 18.0 Å². The third-order valence-corrected chi connectivity index (χ3v) is 3.08. The van der Waals surface area contributed by atoms with Crippen molar-refractivity contribution >= 4 is 11.0 Å². The average Bonchev–Trinajstić information content (AvgIpc) is 2.49. The fourth-order valence-electron chi connectivity index (χ4n) is 2.10. The molecule has 1 aromatic heterocycles. The van der Waals surface area contributed by atoms with Crippen molar-refractivity contribution in [2.75, 3.05) is 0 Å². The summed E-state index contributed by atoms with van der Waals surface area (Å²) in [7, 11) is 0. The second-order valence-corrected chi connectivity index (χ2v) is 4.35. The molecule has 20 heavy (non-hydrogen) atoms. The molecule has 0 aliphatic heterocycles. The molecule has 0 aliphatic carbocycles. The van der Waals surface area contributed by atoms with Gasteiger partial charge < -0.3 is 5.11 Å². The molecule has 0 saturated heterocycles. The number of halogens is 2. The molecule has 0 spiro atoms. The number of rotatable bonds is 2. The smallest absolute Gasteiger partial charge is 0.159 e. The zero-order chi connectivity index (χ0) is 14.1. The molecule has 2 aromatic carbocycles. The summed E-state index contributed by atoms with van der Waals surface area (Å²) in [5.74, 6) is -1.94. The Morgan fingerprint density at radius 3 is 2.55 bits per heavy atom. The van der Waals surface area contributed by atoms with Crippen LogP contribution >= 0.6 is 0 Å². The Morgan fingerprint density at radius 2 is 1.75 bits per heavy atom. The van der Waals surface area contributed by atoms with E-state index in [1.165, 1.54) is 12.3 Å². The lowest BCUT2D eigenvalue weighted by atomic mass is 10.00. The zero-order valence-corrected chi connectivity index (χ0v) is 10.3. The zero-order valence-electron chi connectivity index (χ0n) is 10.3. The van der Waals surface area contributed by atoms with E-state index in [1.807, 2.05) is 0 Å². The van der Waals surface area contributed by atoms with Crippen molar-refractivity contribution < 1.29 is 13.9 Å². The highest BCUT2D eigenvalue weighted by Gasteiger charge is 2.16. The first kappa shape index (κ1) is 12.6. The van der Waals surface area contributed by atoms with E-state index in [1.54, 1.807) is 24.4 Å².